The second-order valence-electron chi connectivity index (χ2n) is 7.00. The van der Waals surface area contributed by atoms with Gasteiger partial charge >= 0.3 is 6.61 Å². The van der Waals surface area contributed by atoms with Crippen LogP contribution >= 0.6 is 0 Å². The smallest absolute Gasteiger partial charge is 0.345 e. The van der Waals surface area contributed by atoms with Crippen molar-refractivity contribution in [1.82, 2.24) is 14.8 Å². The molecule has 1 aromatic carbocycles. The molecule has 1 aromatic heterocycles. The molecule has 1 N–H and O–H groups in total. The Labute approximate surface area is 153 Å². The van der Waals surface area contributed by atoms with Gasteiger partial charge in [0, 0.05) is 43.3 Å². The minimum Gasteiger partial charge on any atom is -0.361 e. The van der Waals surface area contributed by atoms with Crippen molar-refractivity contribution < 1.29 is 13.5 Å². The van der Waals surface area contributed by atoms with Gasteiger partial charge < -0.3 is 19.5 Å². The maximum absolute atomic E-state index is 12.0. The molecule has 0 fully saturated rings. The van der Waals surface area contributed by atoms with Crippen molar-refractivity contribution >= 4 is 16.5 Å². The lowest BCUT2D eigenvalue weighted by Gasteiger charge is -2.22. The van der Waals surface area contributed by atoms with Crippen LogP contribution in [-0.4, -0.2) is 68.3 Å². The lowest BCUT2D eigenvalue weighted by atomic mass is 9.97. The first-order valence-electron chi connectivity index (χ1n) is 9.09. The van der Waals surface area contributed by atoms with Gasteiger partial charge in [0.25, 0.3) is 0 Å². The quantitative estimate of drug-likeness (QED) is 0.778. The summed E-state index contributed by atoms with van der Waals surface area (Å²) in [6.07, 6.45) is 6.32. The van der Waals surface area contributed by atoms with Crippen LogP contribution < -0.4 is 0 Å². The van der Waals surface area contributed by atoms with E-state index < -0.39 is 6.61 Å². The molecule has 0 bridgehead atoms. The number of hydrogen-bond donors (Lipinski definition) is 1. The van der Waals surface area contributed by atoms with Crippen molar-refractivity contribution in [2.45, 2.75) is 19.5 Å². The van der Waals surface area contributed by atoms with Crippen molar-refractivity contribution in [3.05, 3.63) is 41.6 Å². The van der Waals surface area contributed by atoms with Gasteiger partial charge in [-0.15, -0.1) is 0 Å². The third kappa shape index (κ3) is 4.90. The van der Waals surface area contributed by atoms with E-state index in [9.17, 15) is 8.78 Å². The summed E-state index contributed by atoms with van der Waals surface area (Å²) in [5.41, 5.74) is 5.11. The van der Waals surface area contributed by atoms with E-state index >= 15 is 0 Å². The molecule has 142 valence electrons. The highest BCUT2D eigenvalue weighted by atomic mass is 19.3. The lowest BCUT2D eigenvalue weighted by molar-refractivity contribution is -0.131. The average Bonchev–Trinajstić information content (AvgIpc) is 3.02. The number of likely N-dealkylation sites (N-methyl/N-ethyl adjacent to an activating group) is 2. The molecular weight excluding hydrogens is 336 g/mol. The topological polar surface area (TPSA) is 31.5 Å². The summed E-state index contributed by atoms with van der Waals surface area (Å²) in [5.74, 6) is 0. The molecule has 2 aromatic rings. The van der Waals surface area contributed by atoms with Gasteiger partial charge in [0.05, 0.1) is 6.61 Å². The summed E-state index contributed by atoms with van der Waals surface area (Å²) >= 11 is 0. The van der Waals surface area contributed by atoms with E-state index in [-0.39, 0.29) is 6.61 Å². The Balaban J connectivity index is 1.65. The molecule has 26 heavy (non-hydrogen) atoms. The molecule has 0 atom stereocenters. The highest BCUT2D eigenvalue weighted by Gasteiger charge is 2.12. The number of H-pyrrole nitrogens is 1. The molecule has 6 heteroatoms. The normalized spacial score (nSPS) is 16.0. The molecule has 0 radical (unpaired) electrons. The van der Waals surface area contributed by atoms with Gasteiger partial charge in [-0.25, -0.2) is 0 Å². The molecule has 0 saturated heterocycles. The van der Waals surface area contributed by atoms with Crippen LogP contribution in [0.5, 0.6) is 0 Å². The number of benzene rings is 1. The first-order valence-corrected chi connectivity index (χ1v) is 9.09. The summed E-state index contributed by atoms with van der Waals surface area (Å²) in [7, 11) is 4.07. The average molecular weight is 363 g/mol. The SMILES string of the molecule is CN1CC=C(c2ccc3[nH]cc(CCN(C)CCOC(F)F)c3c2)CC1. The molecule has 0 amide bonds. The van der Waals surface area contributed by atoms with Gasteiger partial charge in [-0.3, -0.25) is 0 Å². The minimum atomic E-state index is -2.69. The standard InChI is InChI=1S/C20H27F2N3O/c1-24-8-5-15(6-9-24)16-3-4-19-18(13-16)17(14-23-19)7-10-25(2)11-12-26-20(21)22/h3-5,13-14,20,23H,6-12H2,1-2H3. The maximum Gasteiger partial charge on any atom is 0.345 e. The fraction of sp³-hybridized carbons (Fsp3) is 0.500. The van der Waals surface area contributed by atoms with Crippen LogP contribution in [-0.2, 0) is 11.2 Å². The monoisotopic (exact) mass is 363 g/mol. The zero-order valence-corrected chi connectivity index (χ0v) is 15.5. The Morgan fingerprint density at radius 2 is 2.15 bits per heavy atom. The highest BCUT2D eigenvalue weighted by Crippen LogP contribution is 2.27. The zero-order valence-electron chi connectivity index (χ0n) is 15.5. The van der Waals surface area contributed by atoms with Crippen LogP contribution in [0.25, 0.3) is 16.5 Å². The predicted molar refractivity (Wildman–Crippen MR) is 102 cm³/mol. The van der Waals surface area contributed by atoms with Crippen molar-refractivity contribution in [2.75, 3.05) is 46.9 Å². The Kier molecular flexibility index (Phi) is 6.40. The first-order chi connectivity index (χ1) is 12.5. The Hall–Kier alpha value is -1.76. The minimum absolute atomic E-state index is 0.0504. The van der Waals surface area contributed by atoms with Crippen molar-refractivity contribution in [2.24, 2.45) is 0 Å². The number of fused-ring (bicyclic) bond motifs is 1. The third-order valence-corrected chi connectivity index (χ3v) is 5.03. The zero-order chi connectivity index (χ0) is 18.5. The molecule has 0 spiro atoms. The largest absolute Gasteiger partial charge is 0.361 e. The van der Waals surface area contributed by atoms with Crippen LogP contribution in [0.2, 0.25) is 0 Å². The van der Waals surface area contributed by atoms with E-state index in [2.05, 4.69) is 52.1 Å². The summed E-state index contributed by atoms with van der Waals surface area (Å²) in [4.78, 5) is 7.67. The molecule has 1 aliphatic rings. The van der Waals surface area contributed by atoms with Crippen molar-refractivity contribution in [1.29, 1.82) is 0 Å². The van der Waals surface area contributed by atoms with Gasteiger partial charge in [0.15, 0.2) is 0 Å². The molecular formula is C20H27F2N3O. The van der Waals surface area contributed by atoms with Crippen LogP contribution in [0.3, 0.4) is 0 Å². The van der Waals surface area contributed by atoms with Crippen LogP contribution in [0, 0.1) is 0 Å². The maximum atomic E-state index is 12.0. The highest BCUT2D eigenvalue weighted by molar-refractivity contribution is 5.87. The van der Waals surface area contributed by atoms with Crippen molar-refractivity contribution in [3.8, 4) is 0 Å². The molecule has 0 saturated carbocycles. The van der Waals surface area contributed by atoms with Gasteiger partial charge in [0.2, 0.25) is 0 Å². The van der Waals surface area contributed by atoms with Crippen LogP contribution in [0.1, 0.15) is 17.5 Å². The Morgan fingerprint density at radius 3 is 2.88 bits per heavy atom. The number of nitrogens with one attached hydrogen (secondary N) is 1. The first kappa shape index (κ1) is 19.0. The van der Waals surface area contributed by atoms with Crippen LogP contribution in [0.4, 0.5) is 8.78 Å². The number of ether oxygens (including phenoxy) is 1. The van der Waals surface area contributed by atoms with E-state index in [4.69, 9.17) is 0 Å². The Bertz CT molecular complexity index is 757. The predicted octanol–water partition coefficient (Wildman–Crippen LogP) is 3.60. The molecule has 4 nitrogen and oxygen atoms in total. The molecule has 0 unspecified atom stereocenters. The van der Waals surface area contributed by atoms with E-state index in [1.165, 1.54) is 22.1 Å². The Morgan fingerprint density at radius 1 is 1.31 bits per heavy atom. The molecule has 3 rings (SSSR count). The second-order valence-corrected chi connectivity index (χ2v) is 7.00. The number of aromatic nitrogens is 1. The summed E-state index contributed by atoms with van der Waals surface area (Å²) < 4.78 is 28.4. The van der Waals surface area contributed by atoms with Gasteiger partial charge in [-0.05, 0) is 55.8 Å². The van der Waals surface area contributed by atoms with Gasteiger partial charge in [-0.1, -0.05) is 12.1 Å². The number of halogens is 2. The fourth-order valence-corrected chi connectivity index (χ4v) is 3.34. The molecule has 1 aliphatic heterocycles. The second kappa shape index (κ2) is 8.75. The van der Waals surface area contributed by atoms with Crippen LogP contribution in [0.15, 0.2) is 30.5 Å². The number of alkyl halides is 2. The third-order valence-electron chi connectivity index (χ3n) is 5.03. The van der Waals surface area contributed by atoms with Crippen molar-refractivity contribution in [3.63, 3.8) is 0 Å². The van der Waals surface area contributed by atoms with Gasteiger partial charge in [0.1, 0.15) is 0 Å². The van der Waals surface area contributed by atoms with E-state index in [1.807, 2.05) is 11.9 Å². The summed E-state index contributed by atoms with van der Waals surface area (Å²) in [6, 6.07) is 6.61. The molecule has 2 heterocycles. The lowest BCUT2D eigenvalue weighted by Crippen LogP contribution is -2.26. The number of nitrogens with zero attached hydrogens (tertiary/aromatic N) is 2. The summed E-state index contributed by atoms with van der Waals surface area (Å²) in [6.45, 7) is 0.753. The molecule has 0 aliphatic carbocycles. The fourth-order valence-electron chi connectivity index (χ4n) is 3.34. The number of rotatable bonds is 8. The van der Waals surface area contributed by atoms with E-state index in [0.29, 0.717) is 6.54 Å². The van der Waals surface area contributed by atoms with Gasteiger partial charge in [-0.2, -0.15) is 8.78 Å². The van der Waals surface area contributed by atoms with E-state index in [0.717, 1.165) is 38.0 Å². The van der Waals surface area contributed by atoms with E-state index in [1.54, 1.807) is 0 Å². The number of hydrogen-bond acceptors (Lipinski definition) is 3. The number of aromatic amines is 1. The summed E-state index contributed by atoms with van der Waals surface area (Å²) in [5, 5.41) is 1.25.